The van der Waals surface area contributed by atoms with Gasteiger partial charge in [0.1, 0.15) is 0 Å². The molecule has 22 heavy (non-hydrogen) atoms. The van der Waals surface area contributed by atoms with E-state index in [-0.39, 0.29) is 42.5 Å². The number of ketones is 1. The molecule has 3 atom stereocenters. The summed E-state index contributed by atoms with van der Waals surface area (Å²) in [5.41, 5.74) is 5.15. The van der Waals surface area contributed by atoms with Crippen molar-refractivity contribution in [2.24, 2.45) is 11.7 Å². The number of primary amides is 1. The van der Waals surface area contributed by atoms with E-state index in [0.29, 0.717) is 19.3 Å². The van der Waals surface area contributed by atoms with Crippen molar-refractivity contribution in [2.45, 2.75) is 57.5 Å². The van der Waals surface area contributed by atoms with E-state index < -0.39 is 11.9 Å². The van der Waals surface area contributed by atoms with Gasteiger partial charge in [0.25, 0.3) is 0 Å². The number of Topliss-reactive ketones (excluding diaryl/α,β-unsaturated/α-hetero) is 1. The summed E-state index contributed by atoms with van der Waals surface area (Å²) in [5.74, 6) is -1.13. The minimum absolute atomic E-state index is 0.0283. The highest BCUT2D eigenvalue weighted by molar-refractivity contribution is 5.93. The lowest BCUT2D eigenvalue weighted by atomic mass is 10.0. The molecule has 0 spiro atoms. The monoisotopic (exact) mass is 309 g/mol. The van der Waals surface area contributed by atoms with E-state index in [4.69, 9.17) is 5.73 Å². The molecule has 2 fully saturated rings. The molecular weight excluding hydrogens is 286 g/mol. The first-order valence-corrected chi connectivity index (χ1v) is 7.79. The summed E-state index contributed by atoms with van der Waals surface area (Å²) in [6.45, 7) is 1.76. The molecule has 0 radical (unpaired) electrons. The fraction of sp³-hybridized carbons (Fsp3) is 0.733. The number of nitrogens with zero attached hydrogens (tertiary/aromatic N) is 1. The highest BCUT2D eigenvalue weighted by atomic mass is 16.2. The third-order valence-corrected chi connectivity index (χ3v) is 4.58. The van der Waals surface area contributed by atoms with Crippen molar-refractivity contribution in [1.82, 2.24) is 10.2 Å². The van der Waals surface area contributed by atoms with Crippen LogP contribution in [-0.2, 0) is 19.2 Å². The van der Waals surface area contributed by atoms with E-state index in [9.17, 15) is 19.2 Å². The molecule has 7 heteroatoms. The molecule has 0 saturated carbocycles. The van der Waals surface area contributed by atoms with Gasteiger partial charge in [-0.25, -0.2) is 0 Å². The summed E-state index contributed by atoms with van der Waals surface area (Å²) in [4.78, 5) is 48.4. The van der Waals surface area contributed by atoms with E-state index >= 15 is 0 Å². The predicted octanol–water partition coefficient (Wildman–Crippen LogP) is -0.273. The fourth-order valence-corrected chi connectivity index (χ4v) is 3.02. The SMILES string of the molecule is C[C@@H](CCC(=O)N[C@H]1CC[C@@H]2CCC(=O)N2CC1=O)C(N)=O. The lowest BCUT2D eigenvalue weighted by Crippen LogP contribution is -2.44. The number of nitrogens with two attached hydrogens (primary N) is 1. The zero-order valence-electron chi connectivity index (χ0n) is 12.8. The normalized spacial score (nSPS) is 26.3. The van der Waals surface area contributed by atoms with Crippen LogP contribution in [0, 0.1) is 5.92 Å². The van der Waals surface area contributed by atoms with Crippen molar-refractivity contribution in [3.8, 4) is 0 Å². The molecule has 2 saturated heterocycles. The first-order valence-electron chi connectivity index (χ1n) is 7.79. The van der Waals surface area contributed by atoms with Crippen molar-refractivity contribution < 1.29 is 19.2 Å². The molecule has 0 bridgehead atoms. The Hall–Kier alpha value is -1.92. The van der Waals surface area contributed by atoms with Crippen LogP contribution >= 0.6 is 0 Å². The van der Waals surface area contributed by atoms with Crippen LogP contribution in [0.3, 0.4) is 0 Å². The van der Waals surface area contributed by atoms with Crippen molar-refractivity contribution in [3.05, 3.63) is 0 Å². The van der Waals surface area contributed by atoms with Gasteiger partial charge in [0.05, 0.1) is 12.6 Å². The Morgan fingerprint density at radius 2 is 2.05 bits per heavy atom. The van der Waals surface area contributed by atoms with Gasteiger partial charge in [0.2, 0.25) is 17.7 Å². The van der Waals surface area contributed by atoms with Gasteiger partial charge in [0.15, 0.2) is 5.78 Å². The largest absolute Gasteiger partial charge is 0.369 e. The number of carbonyl (C=O) groups excluding carboxylic acids is 4. The van der Waals surface area contributed by atoms with E-state index in [1.807, 2.05) is 0 Å². The lowest BCUT2D eigenvalue weighted by molar-refractivity contribution is -0.134. The number of carbonyl (C=O) groups is 4. The van der Waals surface area contributed by atoms with Gasteiger partial charge < -0.3 is 16.0 Å². The van der Waals surface area contributed by atoms with E-state index in [0.717, 1.165) is 12.8 Å². The Balaban J connectivity index is 1.85. The van der Waals surface area contributed by atoms with Crippen molar-refractivity contribution in [3.63, 3.8) is 0 Å². The maximum absolute atomic E-state index is 12.2. The van der Waals surface area contributed by atoms with Gasteiger partial charge >= 0.3 is 0 Å². The smallest absolute Gasteiger partial charge is 0.223 e. The molecule has 2 rings (SSSR count). The van der Waals surface area contributed by atoms with Crippen LogP contribution in [0.25, 0.3) is 0 Å². The molecule has 2 aliphatic heterocycles. The molecule has 0 unspecified atom stereocenters. The van der Waals surface area contributed by atoms with Gasteiger partial charge in [-0.1, -0.05) is 6.92 Å². The zero-order chi connectivity index (χ0) is 16.3. The maximum atomic E-state index is 12.2. The van der Waals surface area contributed by atoms with Crippen LogP contribution in [0.2, 0.25) is 0 Å². The van der Waals surface area contributed by atoms with Crippen LogP contribution < -0.4 is 11.1 Å². The summed E-state index contributed by atoms with van der Waals surface area (Å²) in [7, 11) is 0. The summed E-state index contributed by atoms with van der Waals surface area (Å²) >= 11 is 0. The van der Waals surface area contributed by atoms with Crippen LogP contribution in [0.4, 0.5) is 0 Å². The Kier molecular flexibility index (Phi) is 5.15. The Bertz CT molecular complexity index is 491. The van der Waals surface area contributed by atoms with Crippen LogP contribution in [-0.4, -0.2) is 47.0 Å². The molecule has 0 aromatic carbocycles. The second kappa shape index (κ2) is 6.89. The minimum atomic E-state index is -0.533. The zero-order valence-corrected chi connectivity index (χ0v) is 12.8. The Morgan fingerprint density at radius 1 is 1.32 bits per heavy atom. The van der Waals surface area contributed by atoms with Crippen LogP contribution in [0.15, 0.2) is 0 Å². The minimum Gasteiger partial charge on any atom is -0.369 e. The second-order valence-corrected chi connectivity index (χ2v) is 6.22. The van der Waals surface area contributed by atoms with Gasteiger partial charge in [-0.2, -0.15) is 0 Å². The summed E-state index contributed by atoms with van der Waals surface area (Å²) < 4.78 is 0. The Morgan fingerprint density at radius 3 is 2.73 bits per heavy atom. The number of hydrogen-bond donors (Lipinski definition) is 2. The molecule has 0 aromatic heterocycles. The summed E-state index contributed by atoms with van der Waals surface area (Å²) in [6, 6.07) is -0.400. The molecule has 2 heterocycles. The summed E-state index contributed by atoms with van der Waals surface area (Å²) in [5, 5.41) is 2.73. The topological polar surface area (TPSA) is 110 Å². The average Bonchev–Trinajstić information content (AvgIpc) is 2.72. The number of hydrogen-bond acceptors (Lipinski definition) is 4. The van der Waals surface area contributed by atoms with Gasteiger partial charge in [0, 0.05) is 24.8 Å². The predicted molar refractivity (Wildman–Crippen MR) is 78.5 cm³/mol. The third kappa shape index (κ3) is 3.84. The fourth-order valence-electron chi connectivity index (χ4n) is 3.02. The Labute approximate surface area is 129 Å². The molecular formula is C15H23N3O4. The molecule has 7 nitrogen and oxygen atoms in total. The summed E-state index contributed by atoms with van der Waals surface area (Å²) in [6.07, 6.45) is 3.14. The molecule has 122 valence electrons. The third-order valence-electron chi connectivity index (χ3n) is 4.58. The van der Waals surface area contributed by atoms with E-state index in [2.05, 4.69) is 5.32 Å². The standard InChI is InChI=1S/C15H23N3O4/c1-9(15(16)22)2-6-13(20)17-11-5-3-10-4-7-14(21)18(10)8-12(11)19/h9-11H,2-8H2,1H3,(H2,16,22)(H,17,20)/t9-,10+,11-/m0/s1. The molecule has 2 aliphatic rings. The molecule has 0 aliphatic carbocycles. The van der Waals surface area contributed by atoms with Crippen molar-refractivity contribution in [1.29, 1.82) is 0 Å². The highest BCUT2D eigenvalue weighted by Gasteiger charge is 2.37. The van der Waals surface area contributed by atoms with Crippen molar-refractivity contribution in [2.75, 3.05) is 6.54 Å². The maximum Gasteiger partial charge on any atom is 0.223 e. The molecule has 3 amide bonds. The molecule has 0 aromatic rings. The highest BCUT2D eigenvalue weighted by Crippen LogP contribution is 2.26. The van der Waals surface area contributed by atoms with E-state index in [1.165, 1.54) is 0 Å². The number of amides is 3. The van der Waals surface area contributed by atoms with Crippen molar-refractivity contribution >= 4 is 23.5 Å². The second-order valence-electron chi connectivity index (χ2n) is 6.22. The first kappa shape index (κ1) is 16.5. The molecule has 3 N–H and O–H groups in total. The van der Waals surface area contributed by atoms with Gasteiger partial charge in [-0.05, 0) is 25.7 Å². The first-order chi connectivity index (χ1) is 10.4. The van der Waals surface area contributed by atoms with Gasteiger partial charge in [-0.3, -0.25) is 19.2 Å². The van der Waals surface area contributed by atoms with E-state index in [1.54, 1.807) is 11.8 Å². The number of rotatable bonds is 5. The quantitative estimate of drug-likeness (QED) is 0.728. The van der Waals surface area contributed by atoms with Crippen LogP contribution in [0.5, 0.6) is 0 Å². The average molecular weight is 309 g/mol. The number of nitrogens with one attached hydrogen (secondary N) is 1. The lowest BCUT2D eigenvalue weighted by Gasteiger charge is -2.20. The number of fused-ring (bicyclic) bond motifs is 1. The van der Waals surface area contributed by atoms with Crippen LogP contribution in [0.1, 0.15) is 45.4 Å². The van der Waals surface area contributed by atoms with Gasteiger partial charge in [-0.15, -0.1) is 0 Å².